The minimum absolute atomic E-state index is 0. The molecule has 0 aliphatic heterocycles. The van der Waals surface area contributed by atoms with E-state index in [1.807, 2.05) is 0 Å². The maximum absolute atomic E-state index is 2.31. The first kappa shape index (κ1) is 31.8. The van der Waals surface area contributed by atoms with Gasteiger partial charge in [-0.25, -0.2) is 0 Å². The van der Waals surface area contributed by atoms with Crippen molar-refractivity contribution in [3.63, 3.8) is 0 Å². The van der Waals surface area contributed by atoms with E-state index >= 15 is 0 Å². The highest BCUT2D eigenvalue weighted by Gasteiger charge is 2.22. The predicted octanol–water partition coefficient (Wildman–Crippen LogP) is 4.56. The van der Waals surface area contributed by atoms with Crippen molar-refractivity contribution in [2.24, 2.45) is 0 Å². The number of quaternary nitrogens is 2. The predicted molar refractivity (Wildman–Crippen MR) is 115 cm³/mol. The molecule has 0 aliphatic carbocycles. The first-order valence-corrected chi connectivity index (χ1v) is 10.2. The first-order valence-electron chi connectivity index (χ1n) is 10.2. The quantitative estimate of drug-likeness (QED) is 0.361. The fourth-order valence-corrected chi connectivity index (χ4v) is 3.91. The van der Waals surface area contributed by atoms with Gasteiger partial charge < -0.3 is 25.8 Å². The molecular weight excluding hydrogens is 290 g/mol. The molecular formula is C20H48B2N2. The lowest BCUT2D eigenvalue weighted by molar-refractivity contribution is -0.928. The number of nitrogens with zero attached hydrogens (tertiary/aromatic N) is 2. The van der Waals surface area contributed by atoms with Crippen LogP contribution in [0.4, 0.5) is 0 Å². The zero-order valence-corrected chi connectivity index (χ0v) is 18.5. The summed E-state index contributed by atoms with van der Waals surface area (Å²) in [4.78, 5) is 0. The molecule has 0 saturated carbocycles. The molecule has 0 bridgehead atoms. The van der Waals surface area contributed by atoms with Gasteiger partial charge in [0.2, 0.25) is 0 Å². The van der Waals surface area contributed by atoms with E-state index < -0.39 is 0 Å². The van der Waals surface area contributed by atoms with E-state index in [1.165, 1.54) is 87.0 Å². The Morgan fingerprint density at radius 3 is 0.667 bits per heavy atom. The highest BCUT2D eigenvalue weighted by atomic mass is 15.3. The maximum atomic E-state index is 2.31. The van der Waals surface area contributed by atoms with Crippen molar-refractivity contribution in [1.29, 1.82) is 0 Å². The lowest BCUT2D eigenvalue weighted by Crippen LogP contribution is -2.50. The van der Waals surface area contributed by atoms with Crippen molar-refractivity contribution in [1.82, 2.24) is 0 Å². The summed E-state index contributed by atoms with van der Waals surface area (Å²) in [5.74, 6) is 0. The van der Waals surface area contributed by atoms with Crippen LogP contribution in [0.3, 0.4) is 0 Å². The van der Waals surface area contributed by atoms with Crippen molar-refractivity contribution in [2.75, 3.05) is 52.4 Å². The molecule has 0 heterocycles. The summed E-state index contributed by atoms with van der Waals surface area (Å²) in [5.41, 5.74) is 0. The fraction of sp³-hybridized carbons (Fsp3) is 1.00. The normalized spacial score (nSPS) is 11.0. The molecule has 0 aromatic carbocycles. The van der Waals surface area contributed by atoms with E-state index in [9.17, 15) is 0 Å². The Morgan fingerprint density at radius 2 is 0.583 bits per heavy atom. The number of hydrogen-bond donors (Lipinski definition) is 0. The largest absolute Gasteiger partial charge is 1.00 e. The van der Waals surface area contributed by atoms with Crippen LogP contribution in [0.25, 0.3) is 0 Å². The Bertz CT molecular complexity index is 185. The van der Waals surface area contributed by atoms with Crippen molar-refractivity contribution < 1.29 is 8.97 Å². The second-order valence-electron chi connectivity index (χ2n) is 6.84. The molecule has 0 rings (SSSR count). The molecule has 0 unspecified atom stereocenters. The molecule has 0 amide bonds. The molecule has 0 spiro atoms. The lowest BCUT2D eigenvalue weighted by Gasteiger charge is -2.38. The van der Waals surface area contributed by atoms with Gasteiger partial charge in [0.05, 0.1) is 52.4 Å². The fourth-order valence-electron chi connectivity index (χ4n) is 3.91. The summed E-state index contributed by atoms with van der Waals surface area (Å²) in [6.45, 7) is 29.0. The molecule has 144 valence electrons. The average Bonchev–Trinajstić information content (AvgIpc) is 2.52. The molecule has 0 aromatic rings. The lowest BCUT2D eigenvalue weighted by atomic mass is 10.2. The highest BCUT2D eigenvalue weighted by molar-refractivity contribution is 5.76. The number of hydrogen-bond acceptors (Lipinski definition) is 0. The zero-order valence-electron chi connectivity index (χ0n) is 18.5. The minimum Gasteiger partial charge on any atom is -1.00 e. The Hall–Kier alpha value is 0.0499. The van der Waals surface area contributed by atoms with Crippen molar-refractivity contribution in [2.45, 2.75) is 81.1 Å². The third kappa shape index (κ3) is 12.4. The van der Waals surface area contributed by atoms with E-state index in [-0.39, 0.29) is 16.8 Å². The minimum atomic E-state index is 0. The smallest absolute Gasteiger partial charge is 0.0783 e. The molecule has 8 radical (unpaired) electrons. The second kappa shape index (κ2) is 19.4. The monoisotopic (exact) mass is 338 g/mol. The summed E-state index contributed by atoms with van der Waals surface area (Å²) < 4.78 is 2.65. The van der Waals surface area contributed by atoms with Gasteiger partial charge in [0.1, 0.15) is 0 Å². The van der Waals surface area contributed by atoms with Crippen LogP contribution in [-0.2, 0) is 0 Å². The van der Waals surface area contributed by atoms with Gasteiger partial charge in [-0.3, -0.25) is 0 Å². The van der Waals surface area contributed by atoms with Crippen molar-refractivity contribution in [3.05, 3.63) is 0 Å². The van der Waals surface area contributed by atoms with Gasteiger partial charge in [0.25, 0.3) is 0 Å². The third-order valence-electron chi connectivity index (χ3n) is 5.48. The molecule has 4 heteroatoms. The molecule has 0 N–H and O–H groups in total. The van der Waals surface area contributed by atoms with E-state index in [0.29, 0.717) is 0 Å². The van der Waals surface area contributed by atoms with E-state index in [0.717, 1.165) is 0 Å². The van der Waals surface area contributed by atoms with Gasteiger partial charge in [-0.2, -0.15) is 0 Å². The van der Waals surface area contributed by atoms with Crippen LogP contribution >= 0.6 is 0 Å². The Balaban J connectivity index is -0.000000162. The summed E-state index contributed by atoms with van der Waals surface area (Å²) in [6.07, 6.45) is 5.33. The average molecular weight is 338 g/mol. The molecule has 0 saturated heterocycles. The van der Waals surface area contributed by atoms with Crippen LogP contribution in [0.2, 0.25) is 0 Å². The highest BCUT2D eigenvalue weighted by Crippen LogP contribution is 2.12. The molecule has 0 aromatic heterocycles. The van der Waals surface area contributed by atoms with Crippen molar-refractivity contribution >= 4 is 16.8 Å². The zero-order chi connectivity index (χ0) is 17.5. The van der Waals surface area contributed by atoms with Crippen LogP contribution in [0.5, 0.6) is 0 Å². The Morgan fingerprint density at radius 1 is 0.375 bits per heavy atom. The van der Waals surface area contributed by atoms with Gasteiger partial charge >= 0.3 is 0 Å². The summed E-state index contributed by atoms with van der Waals surface area (Å²) in [5, 5.41) is 0. The molecule has 0 fully saturated rings. The molecule has 2 nitrogen and oxygen atoms in total. The van der Waals surface area contributed by atoms with E-state index in [4.69, 9.17) is 0 Å². The molecule has 24 heavy (non-hydrogen) atoms. The summed E-state index contributed by atoms with van der Waals surface area (Å²) >= 11 is 0. The molecule has 0 atom stereocenters. The summed E-state index contributed by atoms with van der Waals surface area (Å²) in [6, 6.07) is 0. The van der Waals surface area contributed by atoms with Crippen LogP contribution in [0.15, 0.2) is 0 Å². The van der Waals surface area contributed by atoms with Gasteiger partial charge in [-0.1, -0.05) is 27.7 Å². The van der Waals surface area contributed by atoms with E-state index in [2.05, 4.69) is 55.4 Å². The Kier molecular flexibility index (Phi) is 25.7. The first-order chi connectivity index (χ1) is 10.5. The topological polar surface area (TPSA) is 0 Å². The standard InChI is InChI=1S/C12H28N.C8H20N.2B/c1-5-9-13(10-6-2,11-7-3)12-8-4;1-5-9(6-2,7-3)8-4;;/h5-12H2,1-4H3;5-8H2,1-4H3;;/q2*+1;2*-1. The van der Waals surface area contributed by atoms with Gasteiger partial charge in [0, 0.05) is 0 Å². The Labute approximate surface area is 159 Å². The van der Waals surface area contributed by atoms with Gasteiger partial charge in [0.15, 0.2) is 0 Å². The molecule has 0 aliphatic rings. The van der Waals surface area contributed by atoms with Crippen LogP contribution in [0.1, 0.15) is 81.1 Å². The second-order valence-corrected chi connectivity index (χ2v) is 6.84. The van der Waals surface area contributed by atoms with Crippen molar-refractivity contribution in [3.8, 4) is 0 Å². The van der Waals surface area contributed by atoms with Crippen LogP contribution in [0, 0.1) is 0 Å². The SMILES string of the molecule is CCC[N+](CCC)(CCC)CCC.CC[N+](CC)(CC)CC.[B-].[B-]. The van der Waals surface area contributed by atoms with E-state index in [1.54, 1.807) is 0 Å². The third-order valence-corrected chi connectivity index (χ3v) is 5.48. The van der Waals surface area contributed by atoms with Gasteiger partial charge in [-0.05, 0) is 53.4 Å². The van der Waals surface area contributed by atoms with Crippen LogP contribution in [-0.4, -0.2) is 78.2 Å². The maximum Gasteiger partial charge on any atom is 0.0783 e. The van der Waals surface area contributed by atoms with Gasteiger partial charge in [-0.15, -0.1) is 0 Å². The number of rotatable bonds is 12. The summed E-state index contributed by atoms with van der Waals surface area (Å²) in [7, 11) is 0. The van der Waals surface area contributed by atoms with Crippen LogP contribution < -0.4 is 0 Å².